The molecular weight excluding hydrogens is 222 g/mol. The van der Waals surface area contributed by atoms with E-state index in [2.05, 4.69) is 41.2 Å². The Morgan fingerprint density at radius 3 is 2.78 bits per heavy atom. The standard InChI is InChI=1S/C15H25N3/c1-3-14-12-18(10-7-15(14)17-4-2)11-13-5-8-16-9-6-13/h5-6,8-9,14-15,17H,3-4,7,10-12H2,1-2H3. The Hall–Kier alpha value is -0.930. The second-order valence-electron chi connectivity index (χ2n) is 5.21. The summed E-state index contributed by atoms with van der Waals surface area (Å²) >= 11 is 0. The molecule has 1 saturated heterocycles. The lowest BCUT2D eigenvalue weighted by atomic mass is 9.89. The van der Waals surface area contributed by atoms with Gasteiger partial charge in [0.05, 0.1) is 0 Å². The largest absolute Gasteiger partial charge is 0.314 e. The van der Waals surface area contributed by atoms with Crippen LogP contribution in [0.5, 0.6) is 0 Å². The van der Waals surface area contributed by atoms with Gasteiger partial charge >= 0.3 is 0 Å². The fourth-order valence-electron chi connectivity index (χ4n) is 2.94. The minimum absolute atomic E-state index is 0.716. The average Bonchev–Trinajstić information content (AvgIpc) is 2.42. The lowest BCUT2D eigenvalue weighted by Gasteiger charge is -2.38. The van der Waals surface area contributed by atoms with Gasteiger partial charge < -0.3 is 5.32 Å². The van der Waals surface area contributed by atoms with Crippen molar-refractivity contribution in [3.63, 3.8) is 0 Å². The molecule has 0 radical (unpaired) electrons. The van der Waals surface area contributed by atoms with E-state index in [-0.39, 0.29) is 0 Å². The highest BCUT2D eigenvalue weighted by atomic mass is 15.1. The van der Waals surface area contributed by atoms with Gasteiger partial charge in [0.25, 0.3) is 0 Å². The van der Waals surface area contributed by atoms with Crippen molar-refractivity contribution in [2.24, 2.45) is 5.92 Å². The second kappa shape index (κ2) is 6.86. The first-order valence-electron chi connectivity index (χ1n) is 7.18. The molecule has 0 amide bonds. The SMILES string of the molecule is CCNC1CCN(Cc2ccncc2)CC1CC. The molecule has 1 N–H and O–H groups in total. The van der Waals surface area contributed by atoms with Crippen LogP contribution in [-0.2, 0) is 6.54 Å². The maximum atomic E-state index is 4.08. The van der Waals surface area contributed by atoms with Crippen molar-refractivity contribution < 1.29 is 0 Å². The number of pyridine rings is 1. The molecule has 2 atom stereocenters. The van der Waals surface area contributed by atoms with E-state index in [0.29, 0.717) is 6.04 Å². The fraction of sp³-hybridized carbons (Fsp3) is 0.667. The van der Waals surface area contributed by atoms with Gasteiger partial charge in [-0.3, -0.25) is 9.88 Å². The smallest absolute Gasteiger partial charge is 0.0271 e. The van der Waals surface area contributed by atoms with Crippen molar-refractivity contribution in [3.05, 3.63) is 30.1 Å². The lowest BCUT2D eigenvalue weighted by molar-refractivity contribution is 0.129. The van der Waals surface area contributed by atoms with E-state index < -0.39 is 0 Å². The van der Waals surface area contributed by atoms with Crippen molar-refractivity contribution in [2.75, 3.05) is 19.6 Å². The topological polar surface area (TPSA) is 28.2 Å². The number of nitrogens with zero attached hydrogens (tertiary/aromatic N) is 2. The molecule has 1 fully saturated rings. The van der Waals surface area contributed by atoms with Crippen LogP contribution < -0.4 is 5.32 Å². The molecule has 1 aromatic heterocycles. The third-order valence-corrected chi connectivity index (χ3v) is 3.96. The number of likely N-dealkylation sites (tertiary alicyclic amines) is 1. The minimum Gasteiger partial charge on any atom is -0.314 e. The Balaban J connectivity index is 1.89. The quantitative estimate of drug-likeness (QED) is 0.865. The summed E-state index contributed by atoms with van der Waals surface area (Å²) in [7, 11) is 0. The Morgan fingerprint density at radius 1 is 1.33 bits per heavy atom. The van der Waals surface area contributed by atoms with Gasteiger partial charge in [-0.05, 0) is 43.1 Å². The summed E-state index contributed by atoms with van der Waals surface area (Å²) in [6, 6.07) is 4.96. The number of piperidine rings is 1. The van der Waals surface area contributed by atoms with Crippen LogP contribution in [0.2, 0.25) is 0 Å². The molecule has 3 heteroatoms. The van der Waals surface area contributed by atoms with Crippen molar-refractivity contribution >= 4 is 0 Å². The second-order valence-corrected chi connectivity index (χ2v) is 5.21. The lowest BCUT2D eigenvalue weighted by Crippen LogP contribution is -2.48. The maximum absolute atomic E-state index is 4.08. The Kier molecular flexibility index (Phi) is 5.14. The summed E-state index contributed by atoms with van der Waals surface area (Å²) in [5.74, 6) is 0.792. The van der Waals surface area contributed by atoms with Gasteiger partial charge in [0.1, 0.15) is 0 Å². The number of aromatic nitrogens is 1. The number of hydrogen-bond acceptors (Lipinski definition) is 3. The van der Waals surface area contributed by atoms with Gasteiger partial charge in [-0.15, -0.1) is 0 Å². The van der Waals surface area contributed by atoms with Crippen LogP contribution in [0.4, 0.5) is 0 Å². The molecular formula is C15H25N3. The molecule has 1 aliphatic rings. The van der Waals surface area contributed by atoms with E-state index in [0.717, 1.165) is 19.0 Å². The molecule has 2 rings (SSSR count). The molecule has 2 heterocycles. The van der Waals surface area contributed by atoms with E-state index >= 15 is 0 Å². The third-order valence-electron chi connectivity index (χ3n) is 3.96. The average molecular weight is 247 g/mol. The zero-order valence-corrected chi connectivity index (χ0v) is 11.6. The Morgan fingerprint density at radius 2 is 2.11 bits per heavy atom. The molecule has 0 spiro atoms. The molecule has 1 aliphatic heterocycles. The van der Waals surface area contributed by atoms with Crippen molar-refractivity contribution in [1.82, 2.24) is 15.2 Å². The predicted molar refractivity (Wildman–Crippen MR) is 75.4 cm³/mol. The summed E-state index contributed by atoms with van der Waals surface area (Å²) in [5, 5.41) is 3.63. The highest BCUT2D eigenvalue weighted by Gasteiger charge is 2.27. The van der Waals surface area contributed by atoms with Crippen molar-refractivity contribution in [2.45, 2.75) is 39.3 Å². The number of hydrogen-bond donors (Lipinski definition) is 1. The van der Waals surface area contributed by atoms with Gasteiger partial charge in [-0.1, -0.05) is 20.3 Å². The molecule has 3 nitrogen and oxygen atoms in total. The molecule has 18 heavy (non-hydrogen) atoms. The van der Waals surface area contributed by atoms with Gasteiger partial charge in [-0.2, -0.15) is 0 Å². The molecule has 0 aromatic carbocycles. The van der Waals surface area contributed by atoms with Crippen molar-refractivity contribution in [1.29, 1.82) is 0 Å². The fourth-order valence-corrected chi connectivity index (χ4v) is 2.94. The Labute approximate surface area is 111 Å². The first-order chi connectivity index (χ1) is 8.83. The van der Waals surface area contributed by atoms with Crippen LogP contribution >= 0.6 is 0 Å². The first kappa shape index (κ1) is 13.5. The van der Waals surface area contributed by atoms with Gasteiger partial charge in [0.15, 0.2) is 0 Å². The molecule has 0 aliphatic carbocycles. The van der Waals surface area contributed by atoms with E-state index in [1.165, 1.54) is 31.5 Å². The summed E-state index contributed by atoms with van der Waals surface area (Å²) in [6.07, 6.45) is 6.32. The number of rotatable bonds is 5. The normalized spacial score (nSPS) is 25.2. The van der Waals surface area contributed by atoms with Gasteiger partial charge in [-0.25, -0.2) is 0 Å². The molecule has 100 valence electrons. The van der Waals surface area contributed by atoms with E-state index in [1.807, 2.05) is 12.4 Å². The minimum atomic E-state index is 0.716. The summed E-state index contributed by atoms with van der Waals surface area (Å²) < 4.78 is 0. The first-order valence-corrected chi connectivity index (χ1v) is 7.18. The van der Waals surface area contributed by atoms with Gasteiger partial charge in [0, 0.05) is 31.5 Å². The zero-order chi connectivity index (χ0) is 12.8. The summed E-state index contributed by atoms with van der Waals surface area (Å²) in [5.41, 5.74) is 1.38. The van der Waals surface area contributed by atoms with Crippen LogP contribution in [0.1, 0.15) is 32.3 Å². The molecule has 1 aromatic rings. The monoisotopic (exact) mass is 247 g/mol. The third kappa shape index (κ3) is 3.53. The van der Waals surface area contributed by atoms with Crippen LogP contribution in [0.25, 0.3) is 0 Å². The Bertz CT molecular complexity index is 339. The zero-order valence-electron chi connectivity index (χ0n) is 11.6. The number of nitrogens with one attached hydrogen (secondary N) is 1. The molecule has 0 bridgehead atoms. The molecule has 0 saturated carbocycles. The molecule has 2 unspecified atom stereocenters. The highest BCUT2D eigenvalue weighted by Crippen LogP contribution is 2.21. The summed E-state index contributed by atoms with van der Waals surface area (Å²) in [4.78, 5) is 6.66. The van der Waals surface area contributed by atoms with Crippen LogP contribution in [-0.4, -0.2) is 35.6 Å². The summed E-state index contributed by atoms with van der Waals surface area (Å²) in [6.45, 7) is 9.09. The van der Waals surface area contributed by atoms with Crippen LogP contribution in [0, 0.1) is 5.92 Å². The van der Waals surface area contributed by atoms with E-state index in [1.54, 1.807) is 0 Å². The van der Waals surface area contributed by atoms with Crippen molar-refractivity contribution in [3.8, 4) is 0 Å². The predicted octanol–water partition coefficient (Wildman–Crippen LogP) is 2.29. The van der Waals surface area contributed by atoms with Gasteiger partial charge in [0.2, 0.25) is 0 Å². The maximum Gasteiger partial charge on any atom is 0.0271 e. The highest BCUT2D eigenvalue weighted by molar-refractivity contribution is 5.09. The van der Waals surface area contributed by atoms with E-state index in [4.69, 9.17) is 0 Å². The van der Waals surface area contributed by atoms with Crippen LogP contribution in [0.15, 0.2) is 24.5 Å². The van der Waals surface area contributed by atoms with Crippen LogP contribution in [0.3, 0.4) is 0 Å². The van der Waals surface area contributed by atoms with E-state index in [9.17, 15) is 0 Å².